The molecule has 2 aliphatic rings. The Balaban J connectivity index is 1.80. The van der Waals surface area contributed by atoms with Crippen LogP contribution in [-0.2, 0) is 14.4 Å². The topological polar surface area (TPSA) is 77.9 Å². The van der Waals surface area contributed by atoms with Crippen molar-refractivity contribution in [1.82, 2.24) is 9.80 Å². The van der Waals surface area contributed by atoms with Gasteiger partial charge in [-0.15, -0.1) is 0 Å². The highest BCUT2D eigenvalue weighted by atomic mass is 16.4. The highest BCUT2D eigenvalue weighted by molar-refractivity contribution is 5.83. The molecule has 0 spiro atoms. The Hall–Kier alpha value is -2.63. The van der Waals surface area contributed by atoms with Crippen LogP contribution < -0.4 is 0 Å². The van der Waals surface area contributed by atoms with Crippen LogP contribution in [0.4, 0.5) is 0 Å². The van der Waals surface area contributed by atoms with E-state index in [-0.39, 0.29) is 30.8 Å². The Bertz CT molecular complexity index is 758. The largest absolute Gasteiger partial charge is 0.481 e. The van der Waals surface area contributed by atoms with Gasteiger partial charge in [-0.05, 0) is 30.5 Å². The third-order valence-electron chi connectivity index (χ3n) is 5.18. The lowest BCUT2D eigenvalue weighted by molar-refractivity contribution is -0.147. The Labute approximate surface area is 146 Å². The summed E-state index contributed by atoms with van der Waals surface area (Å²) in [6, 6.07) is 7.34. The lowest BCUT2D eigenvalue weighted by atomic mass is 9.90. The zero-order valence-electron chi connectivity index (χ0n) is 14.4. The summed E-state index contributed by atoms with van der Waals surface area (Å²) in [5, 5.41) is 9.34. The molecule has 6 nitrogen and oxygen atoms in total. The summed E-state index contributed by atoms with van der Waals surface area (Å²) >= 11 is 0. The first-order valence-electron chi connectivity index (χ1n) is 8.39. The minimum absolute atomic E-state index is 0.119. The quantitative estimate of drug-likeness (QED) is 0.914. The zero-order valence-corrected chi connectivity index (χ0v) is 14.4. The summed E-state index contributed by atoms with van der Waals surface area (Å²) in [5.41, 5.74) is 1.05. The van der Waals surface area contributed by atoms with Crippen LogP contribution in [-0.4, -0.2) is 45.8 Å². The molecule has 0 aliphatic carbocycles. The number of likely N-dealkylation sites (tertiary alicyclic amines) is 1. The van der Waals surface area contributed by atoms with Gasteiger partial charge >= 0.3 is 5.97 Å². The van der Waals surface area contributed by atoms with Gasteiger partial charge in [-0.2, -0.15) is 0 Å². The molecule has 2 heterocycles. The number of aliphatic carboxylic acids is 1. The van der Waals surface area contributed by atoms with E-state index in [1.807, 2.05) is 30.3 Å². The van der Waals surface area contributed by atoms with Crippen LogP contribution in [0.25, 0.3) is 6.08 Å². The number of carboxylic acid groups (broad SMARTS) is 1. The van der Waals surface area contributed by atoms with Gasteiger partial charge in [0, 0.05) is 26.2 Å². The molecule has 1 aromatic carbocycles. The molecular formula is C19H22N2O4. The van der Waals surface area contributed by atoms with Crippen LogP contribution in [0.2, 0.25) is 0 Å². The number of amides is 2. The van der Waals surface area contributed by atoms with Crippen LogP contribution >= 0.6 is 0 Å². The molecule has 1 saturated heterocycles. The second kappa shape index (κ2) is 6.35. The van der Waals surface area contributed by atoms with Crippen molar-refractivity contribution in [3.05, 3.63) is 41.6 Å². The normalized spacial score (nSPS) is 25.0. The average Bonchev–Trinajstić information content (AvgIpc) is 2.99. The SMILES string of the molecule is CC(=O)N1C=Cc2ccccc2C1CC(=O)N1CCC(C)(C(=O)O)C1. The van der Waals surface area contributed by atoms with E-state index in [4.69, 9.17) is 0 Å². The predicted molar refractivity (Wildman–Crippen MR) is 92.3 cm³/mol. The van der Waals surface area contributed by atoms with Crippen LogP contribution in [0.3, 0.4) is 0 Å². The molecule has 2 unspecified atom stereocenters. The van der Waals surface area contributed by atoms with Crippen molar-refractivity contribution in [2.45, 2.75) is 32.7 Å². The van der Waals surface area contributed by atoms with Crippen molar-refractivity contribution < 1.29 is 19.5 Å². The Morgan fingerprint density at radius 3 is 2.64 bits per heavy atom. The second-order valence-electron chi connectivity index (χ2n) is 7.02. The monoisotopic (exact) mass is 342 g/mol. The van der Waals surface area contributed by atoms with Crippen molar-refractivity contribution in [2.75, 3.05) is 13.1 Å². The van der Waals surface area contributed by atoms with E-state index in [0.29, 0.717) is 13.0 Å². The number of fused-ring (bicyclic) bond motifs is 1. The summed E-state index contributed by atoms with van der Waals surface area (Å²) in [5.74, 6) is -1.12. The molecule has 2 amide bonds. The van der Waals surface area contributed by atoms with E-state index in [9.17, 15) is 19.5 Å². The van der Waals surface area contributed by atoms with E-state index in [1.165, 1.54) is 6.92 Å². The van der Waals surface area contributed by atoms with Gasteiger partial charge in [-0.25, -0.2) is 0 Å². The molecule has 2 atom stereocenters. The molecule has 3 rings (SSSR count). The Kier molecular flexibility index (Phi) is 4.37. The number of rotatable bonds is 3. The van der Waals surface area contributed by atoms with E-state index in [1.54, 1.807) is 22.9 Å². The van der Waals surface area contributed by atoms with Crippen molar-refractivity contribution >= 4 is 23.9 Å². The predicted octanol–water partition coefficient (Wildman–Crippen LogP) is 2.27. The number of hydrogen-bond acceptors (Lipinski definition) is 3. The molecule has 0 bridgehead atoms. The Morgan fingerprint density at radius 2 is 2.00 bits per heavy atom. The summed E-state index contributed by atoms with van der Waals surface area (Å²) in [7, 11) is 0. The molecule has 1 aromatic rings. The average molecular weight is 342 g/mol. The third-order valence-corrected chi connectivity index (χ3v) is 5.18. The first-order valence-corrected chi connectivity index (χ1v) is 8.39. The van der Waals surface area contributed by atoms with Gasteiger partial charge in [0.2, 0.25) is 11.8 Å². The molecule has 132 valence electrons. The Morgan fingerprint density at radius 1 is 1.28 bits per heavy atom. The van der Waals surface area contributed by atoms with Crippen molar-refractivity contribution in [1.29, 1.82) is 0 Å². The summed E-state index contributed by atoms with van der Waals surface area (Å²) < 4.78 is 0. The van der Waals surface area contributed by atoms with Crippen molar-refractivity contribution in [3.63, 3.8) is 0 Å². The zero-order chi connectivity index (χ0) is 18.2. The van der Waals surface area contributed by atoms with Gasteiger partial charge in [0.15, 0.2) is 0 Å². The summed E-state index contributed by atoms with van der Waals surface area (Å²) in [4.78, 5) is 39.3. The first-order chi connectivity index (χ1) is 11.8. The highest BCUT2D eigenvalue weighted by Crippen LogP contribution is 2.35. The van der Waals surface area contributed by atoms with E-state index in [0.717, 1.165) is 11.1 Å². The maximum Gasteiger partial charge on any atom is 0.311 e. The van der Waals surface area contributed by atoms with Crippen LogP contribution in [0.15, 0.2) is 30.5 Å². The molecule has 2 aliphatic heterocycles. The van der Waals surface area contributed by atoms with Gasteiger partial charge in [0.05, 0.1) is 17.9 Å². The number of benzene rings is 1. The maximum absolute atomic E-state index is 12.8. The lowest BCUT2D eigenvalue weighted by Gasteiger charge is -2.33. The van der Waals surface area contributed by atoms with Gasteiger partial charge < -0.3 is 14.9 Å². The highest BCUT2D eigenvalue weighted by Gasteiger charge is 2.42. The third kappa shape index (κ3) is 3.16. The molecule has 0 radical (unpaired) electrons. The van der Waals surface area contributed by atoms with Gasteiger partial charge in [-0.1, -0.05) is 24.3 Å². The molecule has 1 fully saturated rings. The minimum Gasteiger partial charge on any atom is -0.481 e. The maximum atomic E-state index is 12.8. The van der Waals surface area contributed by atoms with E-state index >= 15 is 0 Å². The first kappa shape index (κ1) is 17.2. The smallest absolute Gasteiger partial charge is 0.311 e. The molecule has 0 aromatic heterocycles. The lowest BCUT2D eigenvalue weighted by Crippen LogP contribution is -2.38. The summed E-state index contributed by atoms with van der Waals surface area (Å²) in [6.07, 6.45) is 4.19. The number of carbonyl (C=O) groups is 3. The van der Waals surface area contributed by atoms with Crippen molar-refractivity contribution in [3.8, 4) is 0 Å². The fraction of sp³-hybridized carbons (Fsp3) is 0.421. The fourth-order valence-corrected chi connectivity index (χ4v) is 3.56. The molecule has 0 saturated carbocycles. The second-order valence-corrected chi connectivity index (χ2v) is 7.02. The van der Waals surface area contributed by atoms with Gasteiger partial charge in [0.25, 0.3) is 0 Å². The molecule has 25 heavy (non-hydrogen) atoms. The number of carboxylic acids is 1. The van der Waals surface area contributed by atoms with E-state index in [2.05, 4.69) is 0 Å². The van der Waals surface area contributed by atoms with Crippen molar-refractivity contribution in [2.24, 2.45) is 5.41 Å². The molecule has 6 heteroatoms. The number of hydrogen-bond donors (Lipinski definition) is 1. The van der Waals surface area contributed by atoms with E-state index < -0.39 is 11.4 Å². The fourth-order valence-electron chi connectivity index (χ4n) is 3.56. The van der Waals surface area contributed by atoms with Gasteiger partial charge in [0.1, 0.15) is 0 Å². The van der Waals surface area contributed by atoms with Crippen LogP contribution in [0, 0.1) is 5.41 Å². The summed E-state index contributed by atoms with van der Waals surface area (Å²) in [6.45, 7) is 3.80. The standard InChI is InChI=1S/C19H22N2O4/c1-13(22)21-9-7-14-5-3-4-6-15(14)16(21)11-17(23)20-10-8-19(2,12-20)18(24)25/h3-7,9,16H,8,10-12H2,1-2H3,(H,24,25). The number of carbonyl (C=O) groups excluding carboxylic acids is 2. The number of nitrogens with zero attached hydrogens (tertiary/aromatic N) is 2. The molecule has 1 N–H and O–H groups in total. The molecular weight excluding hydrogens is 320 g/mol. The van der Waals surface area contributed by atoms with Crippen LogP contribution in [0.5, 0.6) is 0 Å². The minimum atomic E-state index is -0.889. The van der Waals surface area contributed by atoms with Gasteiger partial charge in [-0.3, -0.25) is 14.4 Å². The van der Waals surface area contributed by atoms with Crippen LogP contribution in [0.1, 0.15) is 43.9 Å².